The monoisotopic (exact) mass is 234 g/mol. The van der Waals surface area contributed by atoms with Crippen LogP contribution in [0.3, 0.4) is 0 Å². The molecule has 0 aliphatic rings. The van der Waals surface area contributed by atoms with E-state index in [-0.39, 0.29) is 0 Å². The van der Waals surface area contributed by atoms with Crippen molar-refractivity contribution in [2.75, 3.05) is 11.5 Å². The molecule has 0 aromatic carbocycles. The largest absolute Gasteiger partial charge is 0.397 e. The van der Waals surface area contributed by atoms with E-state index in [0.717, 1.165) is 22.9 Å². The average Bonchev–Trinajstić information content (AvgIpc) is 2.67. The van der Waals surface area contributed by atoms with Crippen molar-refractivity contribution in [3.05, 3.63) is 36.3 Å². The van der Waals surface area contributed by atoms with Crippen LogP contribution in [0.5, 0.6) is 0 Å². The third kappa shape index (κ3) is 2.76. The van der Waals surface area contributed by atoms with E-state index >= 15 is 0 Å². The van der Waals surface area contributed by atoms with Gasteiger partial charge in [-0.15, -0.1) is 11.8 Å². The summed E-state index contributed by atoms with van der Waals surface area (Å²) in [5.41, 5.74) is 7.79. The van der Waals surface area contributed by atoms with E-state index in [1.54, 1.807) is 18.0 Å². The Labute approximate surface area is 98.9 Å². The number of nitrogens with zero attached hydrogens (tertiary/aromatic N) is 3. The van der Waals surface area contributed by atoms with Gasteiger partial charge in [0.05, 0.1) is 11.9 Å². The fourth-order valence-corrected chi connectivity index (χ4v) is 2.29. The summed E-state index contributed by atoms with van der Waals surface area (Å²) < 4.78 is 1.81. The normalized spacial score (nSPS) is 10.6. The van der Waals surface area contributed by atoms with E-state index in [9.17, 15) is 0 Å². The topological polar surface area (TPSA) is 56.7 Å². The van der Waals surface area contributed by atoms with Gasteiger partial charge in [-0.2, -0.15) is 5.10 Å². The van der Waals surface area contributed by atoms with Crippen molar-refractivity contribution in [2.24, 2.45) is 7.05 Å². The smallest absolute Gasteiger partial charge is 0.119 e. The molecule has 2 heterocycles. The molecule has 0 saturated heterocycles. The van der Waals surface area contributed by atoms with Gasteiger partial charge in [-0.25, -0.2) is 4.98 Å². The molecule has 84 valence electrons. The fourth-order valence-electron chi connectivity index (χ4n) is 1.39. The molecule has 0 fully saturated rings. The lowest BCUT2D eigenvalue weighted by atomic mass is 10.3. The van der Waals surface area contributed by atoms with Crippen LogP contribution in [-0.4, -0.2) is 20.5 Å². The number of hydrogen-bond acceptors (Lipinski definition) is 4. The van der Waals surface area contributed by atoms with Crippen LogP contribution in [-0.2, 0) is 13.5 Å². The van der Waals surface area contributed by atoms with Crippen molar-refractivity contribution >= 4 is 17.4 Å². The van der Waals surface area contributed by atoms with E-state index in [1.807, 2.05) is 36.3 Å². The Morgan fingerprint density at radius 3 is 3.06 bits per heavy atom. The van der Waals surface area contributed by atoms with Gasteiger partial charge in [-0.1, -0.05) is 0 Å². The second-order valence-electron chi connectivity index (χ2n) is 3.52. The zero-order chi connectivity index (χ0) is 11.4. The summed E-state index contributed by atoms with van der Waals surface area (Å²) in [6.07, 6.45) is 6.67. The van der Waals surface area contributed by atoms with Gasteiger partial charge in [0, 0.05) is 25.2 Å². The molecule has 16 heavy (non-hydrogen) atoms. The zero-order valence-corrected chi connectivity index (χ0v) is 9.94. The van der Waals surface area contributed by atoms with E-state index in [1.165, 1.54) is 5.56 Å². The van der Waals surface area contributed by atoms with Crippen LogP contribution in [0.25, 0.3) is 0 Å². The van der Waals surface area contributed by atoms with Crippen LogP contribution in [0.1, 0.15) is 5.56 Å². The van der Waals surface area contributed by atoms with E-state index in [4.69, 9.17) is 5.73 Å². The molecule has 2 aromatic rings. The molecule has 0 bridgehead atoms. The van der Waals surface area contributed by atoms with Gasteiger partial charge in [-0.3, -0.25) is 4.68 Å². The van der Waals surface area contributed by atoms with Gasteiger partial charge in [0.2, 0.25) is 0 Å². The highest BCUT2D eigenvalue weighted by Crippen LogP contribution is 2.22. The first-order valence-electron chi connectivity index (χ1n) is 5.06. The van der Waals surface area contributed by atoms with Gasteiger partial charge in [0.15, 0.2) is 0 Å². The Morgan fingerprint density at radius 2 is 2.38 bits per heavy atom. The number of nitrogen functional groups attached to an aromatic ring is 1. The predicted octanol–water partition coefficient (Wildman–Crippen LogP) is 1.73. The maximum atomic E-state index is 5.80. The lowest BCUT2D eigenvalue weighted by Gasteiger charge is -2.02. The molecule has 0 radical (unpaired) electrons. The molecule has 0 amide bonds. The van der Waals surface area contributed by atoms with E-state index < -0.39 is 0 Å². The highest BCUT2D eigenvalue weighted by Gasteiger charge is 2.01. The molecule has 4 nitrogen and oxygen atoms in total. The lowest BCUT2D eigenvalue weighted by molar-refractivity contribution is 0.767. The first-order chi connectivity index (χ1) is 7.75. The lowest BCUT2D eigenvalue weighted by Crippen LogP contribution is -1.93. The minimum Gasteiger partial charge on any atom is -0.397 e. The number of thioether (sulfide) groups is 1. The van der Waals surface area contributed by atoms with Crippen LogP contribution < -0.4 is 5.73 Å². The molecule has 0 aliphatic carbocycles. The van der Waals surface area contributed by atoms with Crippen LogP contribution in [0.4, 0.5) is 5.69 Å². The Morgan fingerprint density at radius 1 is 1.50 bits per heavy atom. The highest BCUT2D eigenvalue weighted by atomic mass is 32.2. The second kappa shape index (κ2) is 5.03. The van der Waals surface area contributed by atoms with Gasteiger partial charge in [0.1, 0.15) is 5.03 Å². The maximum absolute atomic E-state index is 5.80. The summed E-state index contributed by atoms with van der Waals surface area (Å²) in [7, 11) is 1.92. The molecule has 0 unspecified atom stereocenters. The number of nitrogens with two attached hydrogens (primary N) is 1. The molecule has 0 spiro atoms. The standard InChI is InChI=1S/C11H14N4S/c1-15-8-9(7-14-15)4-6-16-11-10(12)3-2-5-13-11/h2-3,5,7-8H,4,6,12H2,1H3. The van der Waals surface area contributed by atoms with Crippen LogP contribution in [0.2, 0.25) is 0 Å². The molecule has 0 aliphatic heterocycles. The SMILES string of the molecule is Cn1cc(CCSc2ncccc2N)cn1. The predicted molar refractivity (Wildman–Crippen MR) is 66.3 cm³/mol. The Hall–Kier alpha value is -1.49. The summed E-state index contributed by atoms with van der Waals surface area (Å²) in [5.74, 6) is 0.965. The number of aryl methyl sites for hydroxylation is 2. The average molecular weight is 234 g/mol. The Kier molecular flexibility index (Phi) is 3.46. The summed E-state index contributed by atoms with van der Waals surface area (Å²) in [6, 6.07) is 3.72. The highest BCUT2D eigenvalue weighted by molar-refractivity contribution is 7.99. The summed E-state index contributed by atoms with van der Waals surface area (Å²) in [5, 5.41) is 5.04. The second-order valence-corrected chi connectivity index (χ2v) is 4.60. The molecule has 0 atom stereocenters. The number of anilines is 1. The number of hydrogen-bond donors (Lipinski definition) is 1. The molecule has 2 aromatic heterocycles. The molecule has 2 N–H and O–H groups in total. The first-order valence-corrected chi connectivity index (χ1v) is 6.05. The molecular weight excluding hydrogens is 220 g/mol. The fraction of sp³-hybridized carbons (Fsp3) is 0.273. The number of aromatic nitrogens is 3. The first kappa shape index (κ1) is 11.0. The minimum atomic E-state index is 0.749. The van der Waals surface area contributed by atoms with Gasteiger partial charge in [0.25, 0.3) is 0 Å². The van der Waals surface area contributed by atoms with Gasteiger partial charge in [-0.05, 0) is 24.1 Å². The quantitative estimate of drug-likeness (QED) is 0.819. The summed E-state index contributed by atoms with van der Waals surface area (Å²) >= 11 is 1.68. The van der Waals surface area contributed by atoms with Crippen molar-refractivity contribution in [1.29, 1.82) is 0 Å². The Balaban J connectivity index is 1.87. The van der Waals surface area contributed by atoms with Crippen molar-refractivity contribution in [3.8, 4) is 0 Å². The van der Waals surface area contributed by atoms with Gasteiger partial charge >= 0.3 is 0 Å². The molecule has 5 heteroatoms. The number of rotatable bonds is 4. The van der Waals surface area contributed by atoms with Crippen molar-refractivity contribution < 1.29 is 0 Å². The molecule has 0 saturated carbocycles. The van der Waals surface area contributed by atoms with E-state index in [0.29, 0.717) is 0 Å². The van der Waals surface area contributed by atoms with Gasteiger partial charge < -0.3 is 5.73 Å². The molecular formula is C11H14N4S. The van der Waals surface area contributed by atoms with Crippen LogP contribution in [0, 0.1) is 0 Å². The van der Waals surface area contributed by atoms with Crippen LogP contribution in [0.15, 0.2) is 35.7 Å². The van der Waals surface area contributed by atoms with Crippen molar-refractivity contribution in [2.45, 2.75) is 11.4 Å². The zero-order valence-electron chi connectivity index (χ0n) is 9.13. The van der Waals surface area contributed by atoms with Crippen molar-refractivity contribution in [1.82, 2.24) is 14.8 Å². The van der Waals surface area contributed by atoms with Crippen LogP contribution >= 0.6 is 11.8 Å². The maximum Gasteiger partial charge on any atom is 0.119 e. The third-order valence-electron chi connectivity index (χ3n) is 2.19. The van der Waals surface area contributed by atoms with Crippen molar-refractivity contribution in [3.63, 3.8) is 0 Å². The molecule has 2 rings (SSSR count). The third-order valence-corrected chi connectivity index (χ3v) is 3.21. The minimum absolute atomic E-state index is 0.749. The summed E-state index contributed by atoms with van der Waals surface area (Å²) in [6.45, 7) is 0. The summed E-state index contributed by atoms with van der Waals surface area (Å²) in [4.78, 5) is 4.23. The number of pyridine rings is 1. The Bertz CT molecular complexity index is 467. The van der Waals surface area contributed by atoms with E-state index in [2.05, 4.69) is 10.1 Å².